The van der Waals surface area contributed by atoms with Gasteiger partial charge < -0.3 is 45.5 Å². The first kappa shape index (κ1) is 49.9. The highest BCUT2D eigenvalue weighted by Crippen LogP contribution is 2.31. The highest BCUT2D eigenvalue weighted by Gasteiger charge is 2.45. The van der Waals surface area contributed by atoms with E-state index in [2.05, 4.69) is 10.6 Å². The lowest BCUT2D eigenvalue weighted by Gasteiger charge is -2.41. The summed E-state index contributed by atoms with van der Waals surface area (Å²) in [5.41, 5.74) is 6.53. The Kier molecular flexibility index (Phi) is 20.1. The van der Waals surface area contributed by atoms with Crippen molar-refractivity contribution in [1.82, 2.24) is 25.3 Å². The van der Waals surface area contributed by atoms with E-state index < -0.39 is 59.7 Å². The molecular weight excluding hydrogens is 748 g/mol. The number of nitrogen functional groups attached to an aromatic ring is 1. The van der Waals surface area contributed by atoms with E-state index in [4.69, 9.17) is 29.8 Å². The summed E-state index contributed by atoms with van der Waals surface area (Å²) in [7, 11) is 8.02. The van der Waals surface area contributed by atoms with Crippen LogP contribution in [0, 0.1) is 17.8 Å². The van der Waals surface area contributed by atoms with Gasteiger partial charge >= 0.3 is 5.97 Å². The van der Waals surface area contributed by atoms with Crippen LogP contribution >= 0.6 is 0 Å². The minimum Gasteiger partial charge on any atom is -0.483 e. The van der Waals surface area contributed by atoms with Crippen molar-refractivity contribution in [3.8, 4) is 0 Å². The van der Waals surface area contributed by atoms with Crippen LogP contribution in [0.3, 0.4) is 0 Å². The molecule has 0 saturated carbocycles. The molecule has 2 aliphatic heterocycles. The fourth-order valence-corrected chi connectivity index (χ4v) is 8.25. The summed E-state index contributed by atoms with van der Waals surface area (Å²) in [6.45, 7) is 12.6. The van der Waals surface area contributed by atoms with Gasteiger partial charge in [-0.15, -0.1) is 0 Å². The maximum absolute atomic E-state index is 14.3. The van der Waals surface area contributed by atoms with Gasteiger partial charge in [0.05, 0.1) is 49.3 Å². The minimum absolute atomic E-state index is 0.00418. The Bertz CT molecular complexity index is 1510. The van der Waals surface area contributed by atoms with Gasteiger partial charge in [-0.3, -0.25) is 28.9 Å². The summed E-state index contributed by atoms with van der Waals surface area (Å²) in [6, 6.07) is 4.50. The zero-order chi connectivity index (χ0) is 43.9. The molecule has 0 unspecified atom stereocenters. The Morgan fingerprint density at radius 3 is 2.14 bits per heavy atom. The van der Waals surface area contributed by atoms with Crippen LogP contribution in [-0.4, -0.2) is 146 Å². The third kappa shape index (κ3) is 12.6. The number of esters is 1. The topological polar surface area (TPSA) is 210 Å². The van der Waals surface area contributed by atoms with E-state index in [0.29, 0.717) is 18.7 Å². The highest BCUT2D eigenvalue weighted by atomic mass is 16.5. The average Bonchev–Trinajstić information content (AvgIpc) is 3.83. The van der Waals surface area contributed by atoms with E-state index in [1.54, 1.807) is 55.1 Å². The van der Waals surface area contributed by atoms with Crippen molar-refractivity contribution in [1.29, 1.82) is 0 Å². The van der Waals surface area contributed by atoms with E-state index in [0.717, 1.165) is 37.8 Å². The predicted molar refractivity (Wildman–Crippen MR) is 220 cm³/mol. The third-order valence-corrected chi connectivity index (χ3v) is 12.2. The van der Waals surface area contributed by atoms with E-state index in [1.165, 1.54) is 14.2 Å². The van der Waals surface area contributed by atoms with Gasteiger partial charge in [0.1, 0.15) is 12.1 Å². The predicted octanol–water partition coefficient (Wildman–Crippen LogP) is 2.72. The van der Waals surface area contributed by atoms with Crippen LogP contribution in [0.5, 0.6) is 0 Å². The van der Waals surface area contributed by atoms with Gasteiger partial charge in [0, 0.05) is 39.9 Å². The summed E-state index contributed by atoms with van der Waals surface area (Å²) in [6.07, 6.45) is 2.63. The second-order valence-corrected chi connectivity index (χ2v) is 16.2. The van der Waals surface area contributed by atoms with Crippen molar-refractivity contribution in [2.45, 2.75) is 128 Å². The number of nitrogens with one attached hydrogen (secondary N) is 2. The van der Waals surface area contributed by atoms with Crippen molar-refractivity contribution in [3.05, 3.63) is 29.8 Å². The number of hydrogen-bond acceptors (Lipinski definition) is 11. The number of likely N-dealkylation sites (tertiary alicyclic amines) is 2. The lowest BCUT2D eigenvalue weighted by molar-refractivity contribution is -0.149. The first-order valence-corrected chi connectivity index (χ1v) is 20.3. The second-order valence-electron chi connectivity index (χ2n) is 16.2. The number of carbonyl (C=O) groups is 6. The smallest absolute Gasteiger partial charge is 0.328 e. The SMILES string of the molecule is CC[C@H](C)[C@@H]([C@@H](CC(=O)N1CCC[C@H]1[C@H](OC)[C@@H](C)C(=O)N[C@@H](Cc1ccc(N)cc1)C(=O)OC)OC)N(C)C(=O)[C@@H](NC(=O)[C@]1(C)CCCN1C)C(C)C.O=CO. The number of nitrogens with two attached hydrogens (primary N) is 1. The van der Waals surface area contributed by atoms with Crippen molar-refractivity contribution >= 4 is 41.8 Å². The lowest BCUT2D eigenvalue weighted by Crippen LogP contribution is -2.61. The van der Waals surface area contributed by atoms with Crippen LogP contribution in [-0.2, 0) is 49.4 Å². The van der Waals surface area contributed by atoms with E-state index in [1.807, 2.05) is 46.6 Å². The number of methoxy groups -OCH3 is 3. The molecule has 328 valence electrons. The molecule has 2 fully saturated rings. The number of carboxylic acid groups (broad SMARTS) is 1. The summed E-state index contributed by atoms with van der Waals surface area (Å²) in [5.74, 6) is -2.46. The fourth-order valence-electron chi connectivity index (χ4n) is 8.25. The summed E-state index contributed by atoms with van der Waals surface area (Å²) >= 11 is 0. The monoisotopic (exact) mass is 819 g/mol. The Hall–Kier alpha value is -4.28. The molecule has 16 nitrogen and oxygen atoms in total. The van der Waals surface area contributed by atoms with Gasteiger partial charge in [-0.2, -0.15) is 0 Å². The van der Waals surface area contributed by atoms with Crippen LogP contribution in [0.1, 0.15) is 85.6 Å². The first-order valence-electron chi connectivity index (χ1n) is 20.3. The maximum atomic E-state index is 14.3. The molecule has 16 heteroatoms. The molecule has 3 rings (SSSR count). The molecule has 5 N–H and O–H groups in total. The molecule has 2 aliphatic rings. The number of nitrogens with zero attached hydrogens (tertiary/aromatic N) is 3. The lowest BCUT2D eigenvalue weighted by atomic mass is 9.89. The zero-order valence-electron chi connectivity index (χ0n) is 36.5. The summed E-state index contributed by atoms with van der Waals surface area (Å²) < 4.78 is 17.0. The van der Waals surface area contributed by atoms with E-state index >= 15 is 0 Å². The summed E-state index contributed by atoms with van der Waals surface area (Å²) in [5, 5.41) is 12.8. The van der Waals surface area contributed by atoms with Gasteiger partial charge in [0.25, 0.3) is 6.47 Å². The molecule has 4 amide bonds. The number of carbonyl (C=O) groups excluding carboxylic acids is 5. The van der Waals surface area contributed by atoms with E-state index in [-0.39, 0.29) is 48.9 Å². The van der Waals surface area contributed by atoms with Crippen molar-refractivity contribution in [2.75, 3.05) is 54.2 Å². The molecular formula is C42H70N6O10. The standard InChI is InChI=1S/C41H68N6O8.CH2O2/c1-12-26(4)35(46(8)38(50)34(25(2)3)44-40(52)41(6)20-14-21-45(41)7)32(53-9)24-33(48)47-22-13-15-31(47)36(54-10)27(5)37(49)43-30(39(51)55-11)23-28-16-18-29(42)19-17-28;2-1-3/h16-19,25-27,30-32,34-36H,12-15,20-24,42H2,1-11H3,(H,43,49)(H,44,52);1H,(H,2,3)/t26-,27+,30-,31-,32+,34-,35-,36+,41-;/m0./s1. The largest absolute Gasteiger partial charge is 0.483 e. The van der Waals surface area contributed by atoms with Gasteiger partial charge in [-0.1, -0.05) is 53.2 Å². The third-order valence-electron chi connectivity index (χ3n) is 12.2. The van der Waals surface area contributed by atoms with Gasteiger partial charge in [-0.05, 0) is 75.7 Å². The number of rotatable bonds is 19. The Morgan fingerprint density at radius 2 is 1.64 bits per heavy atom. The zero-order valence-corrected chi connectivity index (χ0v) is 36.5. The van der Waals surface area contributed by atoms with E-state index in [9.17, 15) is 24.0 Å². The van der Waals surface area contributed by atoms with Crippen LogP contribution < -0.4 is 16.4 Å². The van der Waals surface area contributed by atoms with Crippen molar-refractivity contribution in [3.63, 3.8) is 0 Å². The molecule has 2 saturated heterocycles. The van der Waals surface area contributed by atoms with Crippen LogP contribution in [0.4, 0.5) is 5.69 Å². The quantitative estimate of drug-likeness (QED) is 0.0903. The normalized spacial score (nSPS) is 21.7. The summed E-state index contributed by atoms with van der Waals surface area (Å²) in [4.78, 5) is 82.3. The van der Waals surface area contributed by atoms with Gasteiger partial charge in [0.15, 0.2) is 0 Å². The molecule has 0 aliphatic carbocycles. The molecule has 0 spiro atoms. The minimum atomic E-state index is -0.933. The molecule has 9 atom stereocenters. The van der Waals surface area contributed by atoms with Crippen LogP contribution in [0.15, 0.2) is 24.3 Å². The van der Waals surface area contributed by atoms with Crippen LogP contribution in [0.25, 0.3) is 0 Å². The Morgan fingerprint density at radius 1 is 1.02 bits per heavy atom. The highest BCUT2D eigenvalue weighted by molar-refractivity contribution is 5.92. The first-order chi connectivity index (χ1) is 27.4. The molecule has 2 heterocycles. The number of anilines is 1. The number of hydrogen-bond donors (Lipinski definition) is 4. The number of ether oxygens (including phenoxy) is 3. The Labute approximate surface area is 344 Å². The maximum Gasteiger partial charge on any atom is 0.328 e. The number of likely N-dealkylation sites (N-methyl/N-ethyl adjacent to an activating group) is 2. The molecule has 1 aromatic carbocycles. The molecule has 58 heavy (non-hydrogen) atoms. The van der Waals surface area contributed by atoms with Crippen LogP contribution in [0.2, 0.25) is 0 Å². The molecule has 1 aromatic rings. The molecule has 0 aromatic heterocycles. The average molecular weight is 819 g/mol. The van der Waals surface area contributed by atoms with Gasteiger partial charge in [-0.25, -0.2) is 4.79 Å². The van der Waals surface area contributed by atoms with Crippen molar-refractivity contribution < 1.29 is 48.1 Å². The van der Waals surface area contributed by atoms with Crippen molar-refractivity contribution in [2.24, 2.45) is 17.8 Å². The van der Waals surface area contributed by atoms with Gasteiger partial charge in [0.2, 0.25) is 23.6 Å². The number of amides is 4. The fraction of sp³-hybridized carbons (Fsp3) is 0.714. The number of benzene rings is 1. The molecule has 0 bridgehead atoms. The Balaban J connectivity index is 0.00000374. The molecule has 0 radical (unpaired) electrons. The second kappa shape index (κ2) is 23.3.